The maximum atomic E-state index is 9.50. The standard InChI is InChI=1S/C39H28N4/c40-38(37-33-22-11-10-13-27(33)23-24-34(37)41-32-20-8-3-9-21-32)31-19-12-18-30(25-31)36-26-35(28-14-4-1-5-15-28)42-39(43-36)29-16-6-2-7-17-29/h1-26,40-41H. The number of nitrogens with one attached hydrogen (secondary N) is 2. The van der Waals surface area contributed by atoms with Crippen LogP contribution in [0.25, 0.3) is 44.7 Å². The van der Waals surface area contributed by atoms with E-state index in [4.69, 9.17) is 9.97 Å². The first-order valence-corrected chi connectivity index (χ1v) is 14.3. The number of fused-ring (bicyclic) bond motifs is 1. The predicted octanol–water partition coefficient (Wildman–Crippen LogP) is 9.79. The Balaban J connectivity index is 1.34. The third kappa shape index (κ3) is 5.42. The van der Waals surface area contributed by atoms with Crippen molar-refractivity contribution in [1.29, 1.82) is 5.41 Å². The lowest BCUT2D eigenvalue weighted by atomic mass is 9.93. The largest absolute Gasteiger partial charge is 0.355 e. The van der Waals surface area contributed by atoms with Crippen molar-refractivity contribution in [1.82, 2.24) is 9.97 Å². The normalized spacial score (nSPS) is 10.9. The number of nitrogens with zero attached hydrogens (tertiary/aromatic N) is 2. The van der Waals surface area contributed by atoms with Crippen LogP contribution in [0.4, 0.5) is 11.4 Å². The minimum absolute atomic E-state index is 0.442. The lowest BCUT2D eigenvalue weighted by molar-refractivity contribution is 1.18. The first-order valence-electron chi connectivity index (χ1n) is 14.3. The lowest BCUT2D eigenvalue weighted by Gasteiger charge is -2.17. The molecule has 2 N–H and O–H groups in total. The van der Waals surface area contributed by atoms with Gasteiger partial charge in [0.2, 0.25) is 0 Å². The van der Waals surface area contributed by atoms with Crippen molar-refractivity contribution in [2.24, 2.45) is 0 Å². The SMILES string of the molecule is N=C(c1cccc(-c2cc(-c3ccccc3)nc(-c3ccccc3)n2)c1)c1c(Nc2ccccc2)ccc2ccccc12. The van der Waals surface area contributed by atoms with Crippen molar-refractivity contribution in [2.75, 3.05) is 5.32 Å². The van der Waals surface area contributed by atoms with E-state index >= 15 is 0 Å². The van der Waals surface area contributed by atoms with Gasteiger partial charge in [0, 0.05) is 39.2 Å². The van der Waals surface area contributed by atoms with Crippen molar-refractivity contribution in [3.8, 4) is 33.9 Å². The Morgan fingerprint density at radius 1 is 0.512 bits per heavy atom. The van der Waals surface area contributed by atoms with Gasteiger partial charge in [0.25, 0.3) is 0 Å². The molecule has 0 spiro atoms. The molecule has 4 heteroatoms. The van der Waals surface area contributed by atoms with E-state index in [1.54, 1.807) is 0 Å². The minimum Gasteiger partial charge on any atom is -0.355 e. The molecule has 43 heavy (non-hydrogen) atoms. The monoisotopic (exact) mass is 552 g/mol. The van der Waals surface area contributed by atoms with E-state index in [0.29, 0.717) is 11.5 Å². The molecule has 0 aliphatic carbocycles. The summed E-state index contributed by atoms with van der Waals surface area (Å²) in [5.41, 5.74) is 8.55. The second kappa shape index (κ2) is 11.6. The molecule has 1 aromatic heterocycles. The average molecular weight is 553 g/mol. The fourth-order valence-corrected chi connectivity index (χ4v) is 5.37. The number of aromatic nitrogens is 2. The molecule has 7 aromatic rings. The molecule has 4 nitrogen and oxygen atoms in total. The molecule has 0 aliphatic rings. The highest BCUT2D eigenvalue weighted by molar-refractivity contribution is 6.21. The van der Waals surface area contributed by atoms with Crippen LogP contribution in [0.15, 0.2) is 158 Å². The number of anilines is 2. The van der Waals surface area contributed by atoms with Gasteiger partial charge >= 0.3 is 0 Å². The van der Waals surface area contributed by atoms with Gasteiger partial charge in [-0.25, -0.2) is 9.97 Å². The van der Waals surface area contributed by atoms with Crippen LogP contribution in [0.2, 0.25) is 0 Å². The highest BCUT2D eigenvalue weighted by atomic mass is 14.9. The van der Waals surface area contributed by atoms with E-state index in [0.717, 1.165) is 61.4 Å². The molecule has 0 unspecified atom stereocenters. The predicted molar refractivity (Wildman–Crippen MR) is 178 cm³/mol. The molecule has 0 amide bonds. The van der Waals surface area contributed by atoms with E-state index in [9.17, 15) is 5.41 Å². The van der Waals surface area contributed by atoms with Crippen LogP contribution < -0.4 is 5.32 Å². The van der Waals surface area contributed by atoms with Crippen molar-refractivity contribution < 1.29 is 0 Å². The van der Waals surface area contributed by atoms with Gasteiger partial charge in [0.1, 0.15) is 0 Å². The zero-order chi connectivity index (χ0) is 29.0. The van der Waals surface area contributed by atoms with Gasteiger partial charge in [0.15, 0.2) is 5.82 Å². The van der Waals surface area contributed by atoms with E-state index in [1.165, 1.54) is 0 Å². The van der Waals surface area contributed by atoms with Gasteiger partial charge < -0.3 is 5.32 Å². The zero-order valence-electron chi connectivity index (χ0n) is 23.4. The third-order valence-electron chi connectivity index (χ3n) is 7.51. The van der Waals surface area contributed by atoms with E-state index in [1.807, 2.05) is 109 Å². The Bertz CT molecular complexity index is 2000. The highest BCUT2D eigenvalue weighted by Crippen LogP contribution is 2.33. The first-order chi connectivity index (χ1) is 21.2. The molecule has 7 rings (SSSR count). The molecular formula is C39H28N4. The molecule has 0 bridgehead atoms. The Labute approximate surface area is 250 Å². The molecule has 6 aromatic carbocycles. The van der Waals surface area contributed by atoms with Crippen LogP contribution in [-0.4, -0.2) is 15.7 Å². The average Bonchev–Trinajstić information content (AvgIpc) is 3.09. The molecule has 0 radical (unpaired) electrons. The van der Waals surface area contributed by atoms with Crippen molar-refractivity contribution >= 4 is 27.9 Å². The maximum Gasteiger partial charge on any atom is 0.160 e. The van der Waals surface area contributed by atoms with Crippen LogP contribution in [0, 0.1) is 5.41 Å². The summed E-state index contributed by atoms with van der Waals surface area (Å²) < 4.78 is 0. The maximum absolute atomic E-state index is 9.50. The van der Waals surface area contributed by atoms with E-state index in [-0.39, 0.29) is 0 Å². The van der Waals surface area contributed by atoms with Gasteiger partial charge in [-0.3, -0.25) is 5.41 Å². The lowest BCUT2D eigenvalue weighted by Crippen LogP contribution is -2.07. The van der Waals surface area contributed by atoms with Gasteiger partial charge in [-0.1, -0.05) is 127 Å². The number of hydrogen-bond donors (Lipinski definition) is 2. The molecular weight excluding hydrogens is 524 g/mol. The van der Waals surface area contributed by atoms with Gasteiger partial charge in [-0.15, -0.1) is 0 Å². The molecule has 0 saturated carbocycles. The molecule has 0 saturated heterocycles. The third-order valence-corrected chi connectivity index (χ3v) is 7.51. The van der Waals surface area contributed by atoms with Crippen LogP contribution in [0.3, 0.4) is 0 Å². The minimum atomic E-state index is 0.442. The Kier molecular flexibility index (Phi) is 7.00. The second-order valence-electron chi connectivity index (χ2n) is 10.4. The van der Waals surface area contributed by atoms with Crippen LogP contribution >= 0.6 is 0 Å². The Morgan fingerprint density at radius 3 is 1.86 bits per heavy atom. The smallest absolute Gasteiger partial charge is 0.160 e. The summed E-state index contributed by atoms with van der Waals surface area (Å²) in [6.45, 7) is 0. The summed E-state index contributed by atoms with van der Waals surface area (Å²) in [7, 11) is 0. The fraction of sp³-hybridized carbons (Fsp3) is 0. The van der Waals surface area contributed by atoms with Gasteiger partial charge in [-0.2, -0.15) is 0 Å². The molecule has 0 aliphatic heterocycles. The number of para-hydroxylation sites is 1. The summed E-state index contributed by atoms with van der Waals surface area (Å²) in [6.07, 6.45) is 0. The topological polar surface area (TPSA) is 61.7 Å². The molecule has 204 valence electrons. The summed E-state index contributed by atoms with van der Waals surface area (Å²) in [5.74, 6) is 0.667. The van der Waals surface area contributed by atoms with Crippen LogP contribution in [-0.2, 0) is 0 Å². The number of hydrogen-bond acceptors (Lipinski definition) is 4. The zero-order valence-corrected chi connectivity index (χ0v) is 23.4. The molecule has 0 fully saturated rings. The van der Waals surface area contributed by atoms with E-state index in [2.05, 4.69) is 53.8 Å². The van der Waals surface area contributed by atoms with Crippen molar-refractivity contribution in [3.05, 3.63) is 169 Å². The summed E-state index contributed by atoms with van der Waals surface area (Å²) >= 11 is 0. The van der Waals surface area contributed by atoms with Crippen molar-refractivity contribution in [3.63, 3.8) is 0 Å². The Hall–Kier alpha value is -5.87. The second-order valence-corrected chi connectivity index (χ2v) is 10.4. The number of rotatable bonds is 7. The van der Waals surface area contributed by atoms with Crippen molar-refractivity contribution in [2.45, 2.75) is 0 Å². The first kappa shape index (κ1) is 26.1. The quantitative estimate of drug-likeness (QED) is 0.194. The summed E-state index contributed by atoms with van der Waals surface area (Å²) in [5, 5.41) is 15.2. The summed E-state index contributed by atoms with van der Waals surface area (Å²) in [4.78, 5) is 9.93. The highest BCUT2D eigenvalue weighted by Gasteiger charge is 2.17. The van der Waals surface area contributed by atoms with E-state index < -0.39 is 0 Å². The fourth-order valence-electron chi connectivity index (χ4n) is 5.37. The van der Waals surface area contributed by atoms with Gasteiger partial charge in [0.05, 0.1) is 17.1 Å². The molecule has 0 atom stereocenters. The summed E-state index contributed by atoms with van der Waals surface area (Å²) in [6, 6.07) is 52.9. The number of benzene rings is 6. The van der Waals surface area contributed by atoms with Crippen LogP contribution in [0.1, 0.15) is 11.1 Å². The van der Waals surface area contributed by atoms with Crippen LogP contribution in [0.5, 0.6) is 0 Å². The Morgan fingerprint density at radius 2 is 1.12 bits per heavy atom. The van der Waals surface area contributed by atoms with Gasteiger partial charge in [-0.05, 0) is 41.1 Å². The molecule has 1 heterocycles.